The molecule has 0 saturated heterocycles. The van der Waals surface area contributed by atoms with E-state index in [0.29, 0.717) is 12.1 Å². The molecule has 1 atom stereocenters. The number of benzene rings is 2. The Kier molecular flexibility index (Phi) is 4.98. The zero-order valence-corrected chi connectivity index (χ0v) is 12.8. The Morgan fingerprint density at radius 1 is 1.00 bits per heavy atom. The molecule has 2 aromatic carbocycles. The fourth-order valence-electron chi connectivity index (χ4n) is 2.03. The van der Waals surface area contributed by atoms with Crippen molar-refractivity contribution in [2.24, 2.45) is 0 Å². The van der Waals surface area contributed by atoms with Gasteiger partial charge in [0.15, 0.2) is 11.5 Å². The van der Waals surface area contributed by atoms with E-state index in [-0.39, 0.29) is 17.5 Å². The molecule has 1 unspecified atom stereocenters. The number of thioether (sulfide) groups is 1. The summed E-state index contributed by atoms with van der Waals surface area (Å²) < 4.78 is 0. The van der Waals surface area contributed by atoms with Crippen LogP contribution < -0.4 is 5.32 Å². The first-order chi connectivity index (χ1) is 10.0. The Balaban J connectivity index is 2.03. The van der Waals surface area contributed by atoms with E-state index in [9.17, 15) is 15.3 Å². The van der Waals surface area contributed by atoms with Crippen LogP contribution in [0.4, 0.5) is 0 Å². The van der Waals surface area contributed by atoms with Gasteiger partial charge in [-0.2, -0.15) is 0 Å². The summed E-state index contributed by atoms with van der Waals surface area (Å²) in [6, 6.07) is 11.3. The smallest absolute Gasteiger partial charge is 0.200 e. The van der Waals surface area contributed by atoms with Crippen molar-refractivity contribution < 1.29 is 15.3 Å². The van der Waals surface area contributed by atoms with Gasteiger partial charge >= 0.3 is 0 Å². The molecule has 2 aromatic rings. The van der Waals surface area contributed by atoms with Crippen LogP contribution >= 0.6 is 11.8 Å². The summed E-state index contributed by atoms with van der Waals surface area (Å²) in [4.78, 5) is 1.21. The minimum Gasteiger partial charge on any atom is -0.504 e. The predicted molar refractivity (Wildman–Crippen MR) is 84.9 cm³/mol. The molecule has 0 spiro atoms. The molecular formula is C16H19NO3S. The summed E-state index contributed by atoms with van der Waals surface area (Å²) >= 11 is 1.70. The molecule has 0 aliphatic rings. The first kappa shape index (κ1) is 15.5. The second kappa shape index (κ2) is 6.74. The van der Waals surface area contributed by atoms with Crippen molar-refractivity contribution in [3.05, 3.63) is 47.5 Å². The van der Waals surface area contributed by atoms with Gasteiger partial charge in [-0.1, -0.05) is 18.2 Å². The van der Waals surface area contributed by atoms with Gasteiger partial charge in [-0.25, -0.2) is 0 Å². The molecule has 0 aliphatic heterocycles. The maximum absolute atomic E-state index is 9.78. The molecule has 0 aliphatic carbocycles. The van der Waals surface area contributed by atoms with E-state index >= 15 is 0 Å². The minimum absolute atomic E-state index is 0.108. The Labute approximate surface area is 128 Å². The lowest BCUT2D eigenvalue weighted by Crippen LogP contribution is -2.18. The summed E-state index contributed by atoms with van der Waals surface area (Å²) in [6.45, 7) is 2.43. The highest BCUT2D eigenvalue weighted by Gasteiger charge is 2.12. The summed E-state index contributed by atoms with van der Waals surface area (Å²) in [7, 11) is 0. The van der Waals surface area contributed by atoms with Crippen LogP contribution in [0.25, 0.3) is 0 Å². The van der Waals surface area contributed by atoms with Gasteiger partial charge in [0.1, 0.15) is 0 Å². The molecule has 0 aromatic heterocycles. The predicted octanol–water partition coefficient (Wildman–Crippen LogP) is 3.38. The molecule has 0 radical (unpaired) electrons. The fraction of sp³-hybridized carbons (Fsp3) is 0.250. The number of aromatic hydroxyl groups is 3. The van der Waals surface area contributed by atoms with Crippen LogP contribution in [0.5, 0.6) is 17.2 Å². The molecule has 0 bridgehead atoms. The largest absolute Gasteiger partial charge is 0.504 e. The second-order valence-corrected chi connectivity index (χ2v) is 5.70. The first-order valence-corrected chi connectivity index (χ1v) is 7.85. The molecular weight excluding hydrogens is 286 g/mol. The van der Waals surface area contributed by atoms with E-state index < -0.39 is 5.75 Å². The van der Waals surface area contributed by atoms with Gasteiger partial charge in [-0.05, 0) is 36.9 Å². The third-order valence-corrected chi connectivity index (χ3v) is 4.17. The quantitative estimate of drug-likeness (QED) is 0.503. The maximum atomic E-state index is 9.78. The number of nitrogens with one attached hydrogen (secondary N) is 1. The Morgan fingerprint density at radius 2 is 1.67 bits per heavy atom. The van der Waals surface area contributed by atoms with Crippen LogP contribution in [0.3, 0.4) is 0 Å². The first-order valence-electron chi connectivity index (χ1n) is 6.63. The average molecular weight is 305 g/mol. The van der Waals surface area contributed by atoms with Gasteiger partial charge in [-0.3, -0.25) is 0 Å². The van der Waals surface area contributed by atoms with E-state index in [1.165, 1.54) is 11.0 Å². The number of rotatable bonds is 5. The van der Waals surface area contributed by atoms with Crippen molar-refractivity contribution in [2.45, 2.75) is 24.4 Å². The second-order valence-electron chi connectivity index (χ2n) is 4.82. The summed E-state index contributed by atoms with van der Waals surface area (Å²) in [5, 5.41) is 31.9. The lowest BCUT2D eigenvalue weighted by atomic mass is 10.1. The van der Waals surface area contributed by atoms with Gasteiger partial charge in [0.25, 0.3) is 0 Å². The lowest BCUT2D eigenvalue weighted by molar-refractivity contribution is 0.363. The highest BCUT2D eigenvalue weighted by molar-refractivity contribution is 7.98. The summed E-state index contributed by atoms with van der Waals surface area (Å²) in [5.74, 6) is -1.09. The molecule has 0 fully saturated rings. The van der Waals surface area contributed by atoms with Crippen molar-refractivity contribution in [2.75, 3.05) is 6.26 Å². The number of hydrogen-bond acceptors (Lipinski definition) is 5. The summed E-state index contributed by atoms with van der Waals surface area (Å²) in [5.41, 5.74) is 1.69. The van der Waals surface area contributed by atoms with Gasteiger partial charge in [0.2, 0.25) is 5.75 Å². The zero-order valence-electron chi connectivity index (χ0n) is 12.0. The third kappa shape index (κ3) is 3.62. The Morgan fingerprint density at radius 3 is 2.29 bits per heavy atom. The maximum Gasteiger partial charge on any atom is 0.200 e. The standard InChI is InChI=1S/C16H19NO3S/c1-10(11-3-6-13(21-2)7-4-11)17-9-12-5-8-14(18)16(20)15(12)19/h3-8,10,17-20H,9H2,1-2H3. The highest BCUT2D eigenvalue weighted by atomic mass is 32.2. The van der Waals surface area contributed by atoms with Crippen molar-refractivity contribution in [1.82, 2.24) is 5.32 Å². The van der Waals surface area contributed by atoms with Crippen molar-refractivity contribution in [3.8, 4) is 17.2 Å². The van der Waals surface area contributed by atoms with E-state index in [4.69, 9.17) is 0 Å². The molecule has 0 heterocycles. The molecule has 4 N–H and O–H groups in total. The number of hydrogen-bond donors (Lipinski definition) is 4. The van der Waals surface area contributed by atoms with Crippen LogP contribution in [0.2, 0.25) is 0 Å². The van der Waals surface area contributed by atoms with Crippen molar-refractivity contribution >= 4 is 11.8 Å². The van der Waals surface area contributed by atoms with Gasteiger partial charge in [0, 0.05) is 23.0 Å². The molecule has 4 nitrogen and oxygen atoms in total. The van der Waals surface area contributed by atoms with E-state index in [2.05, 4.69) is 29.6 Å². The molecule has 112 valence electrons. The van der Waals surface area contributed by atoms with Crippen LogP contribution in [-0.4, -0.2) is 21.6 Å². The van der Waals surface area contributed by atoms with Crippen LogP contribution in [0.15, 0.2) is 41.3 Å². The molecule has 5 heteroatoms. The third-order valence-electron chi connectivity index (χ3n) is 3.43. The molecule has 21 heavy (non-hydrogen) atoms. The monoisotopic (exact) mass is 305 g/mol. The van der Waals surface area contributed by atoms with Gasteiger partial charge in [0.05, 0.1) is 0 Å². The van der Waals surface area contributed by atoms with E-state index in [1.807, 2.05) is 13.2 Å². The van der Waals surface area contributed by atoms with E-state index in [1.54, 1.807) is 17.8 Å². The SMILES string of the molecule is CSc1ccc(C(C)NCc2ccc(O)c(O)c2O)cc1. The lowest BCUT2D eigenvalue weighted by Gasteiger charge is -2.16. The fourth-order valence-corrected chi connectivity index (χ4v) is 2.44. The summed E-state index contributed by atoms with van der Waals surface area (Å²) in [6.07, 6.45) is 2.04. The minimum atomic E-state index is -0.480. The molecule has 0 saturated carbocycles. The Hall–Kier alpha value is -1.85. The number of phenolic OH excluding ortho intramolecular Hbond substituents is 3. The van der Waals surface area contributed by atoms with Crippen molar-refractivity contribution in [3.63, 3.8) is 0 Å². The molecule has 0 amide bonds. The number of phenols is 3. The normalized spacial score (nSPS) is 12.3. The molecule has 2 rings (SSSR count). The van der Waals surface area contributed by atoms with Crippen LogP contribution in [-0.2, 0) is 6.54 Å². The van der Waals surface area contributed by atoms with Gasteiger partial charge in [-0.15, -0.1) is 11.8 Å². The van der Waals surface area contributed by atoms with Gasteiger partial charge < -0.3 is 20.6 Å². The Bertz CT molecular complexity index is 614. The zero-order chi connectivity index (χ0) is 15.4. The van der Waals surface area contributed by atoms with Crippen LogP contribution in [0, 0.1) is 0 Å². The van der Waals surface area contributed by atoms with Crippen LogP contribution in [0.1, 0.15) is 24.1 Å². The average Bonchev–Trinajstić information content (AvgIpc) is 2.52. The topological polar surface area (TPSA) is 72.7 Å². The highest BCUT2D eigenvalue weighted by Crippen LogP contribution is 2.37. The van der Waals surface area contributed by atoms with Crippen molar-refractivity contribution in [1.29, 1.82) is 0 Å². The van der Waals surface area contributed by atoms with E-state index in [0.717, 1.165) is 5.56 Å².